The lowest BCUT2D eigenvalue weighted by molar-refractivity contribution is -0.522. The Morgan fingerprint density at radius 1 is 1.04 bits per heavy atom. The van der Waals surface area contributed by atoms with Gasteiger partial charge in [-0.25, -0.2) is 0 Å². The standard InChI is InChI=1S/C18H33NO4/c1-2-3-4-11-14-17(19(22)23)15-12-9-7-5-6-8-10-13-16-18(20)21/h9,12,17H,2-8,10-11,13-16H2,1H3,(H,20,21)/b12-9-. The molecule has 0 aromatic rings. The van der Waals surface area contributed by atoms with Crippen molar-refractivity contribution in [2.24, 2.45) is 0 Å². The van der Waals surface area contributed by atoms with Crippen LogP contribution in [0, 0.1) is 10.1 Å². The van der Waals surface area contributed by atoms with Gasteiger partial charge in [-0.2, -0.15) is 0 Å². The van der Waals surface area contributed by atoms with Crippen LogP contribution in [0.1, 0.15) is 90.4 Å². The molecule has 1 N–H and O–H groups in total. The van der Waals surface area contributed by atoms with Crippen LogP contribution in [0.15, 0.2) is 12.2 Å². The first kappa shape index (κ1) is 21.6. The minimum absolute atomic E-state index is 0.140. The number of carboxylic acid groups (broad SMARTS) is 1. The first-order valence-corrected chi connectivity index (χ1v) is 9.08. The van der Waals surface area contributed by atoms with Crippen LogP contribution < -0.4 is 0 Å². The maximum Gasteiger partial charge on any atom is 0.303 e. The van der Waals surface area contributed by atoms with Gasteiger partial charge in [0.25, 0.3) is 0 Å². The number of nitrogens with zero attached hydrogens (tertiary/aromatic N) is 1. The van der Waals surface area contributed by atoms with Crippen LogP contribution in [-0.4, -0.2) is 22.0 Å². The van der Waals surface area contributed by atoms with Gasteiger partial charge in [-0.3, -0.25) is 14.9 Å². The number of nitro groups is 1. The van der Waals surface area contributed by atoms with E-state index in [-0.39, 0.29) is 11.3 Å². The van der Waals surface area contributed by atoms with Gasteiger partial charge in [0.2, 0.25) is 6.04 Å². The Labute approximate surface area is 140 Å². The Bertz CT molecular complexity index is 342. The maximum absolute atomic E-state index is 11.0. The van der Waals surface area contributed by atoms with E-state index < -0.39 is 12.0 Å². The van der Waals surface area contributed by atoms with Crippen molar-refractivity contribution in [1.29, 1.82) is 0 Å². The van der Waals surface area contributed by atoms with Gasteiger partial charge in [-0.05, 0) is 25.7 Å². The third kappa shape index (κ3) is 15.3. The summed E-state index contributed by atoms with van der Waals surface area (Å²) in [4.78, 5) is 21.2. The number of carboxylic acids is 1. The molecule has 1 atom stereocenters. The quantitative estimate of drug-likeness (QED) is 0.179. The first-order chi connectivity index (χ1) is 11.1. The molecule has 0 fully saturated rings. The molecule has 0 heterocycles. The van der Waals surface area contributed by atoms with E-state index in [1.165, 1.54) is 0 Å². The fourth-order valence-corrected chi connectivity index (χ4v) is 2.56. The third-order valence-electron chi connectivity index (χ3n) is 4.03. The Morgan fingerprint density at radius 2 is 1.70 bits per heavy atom. The highest BCUT2D eigenvalue weighted by Gasteiger charge is 2.17. The van der Waals surface area contributed by atoms with E-state index >= 15 is 0 Å². The Kier molecular flexibility index (Phi) is 14.6. The number of rotatable bonds is 16. The maximum atomic E-state index is 11.0. The topological polar surface area (TPSA) is 80.4 Å². The second-order valence-corrected chi connectivity index (χ2v) is 6.20. The summed E-state index contributed by atoms with van der Waals surface area (Å²) in [6.07, 6.45) is 15.8. The predicted molar refractivity (Wildman–Crippen MR) is 93.3 cm³/mol. The van der Waals surface area contributed by atoms with Gasteiger partial charge in [0.15, 0.2) is 0 Å². The molecule has 1 unspecified atom stereocenters. The van der Waals surface area contributed by atoms with Crippen molar-refractivity contribution in [1.82, 2.24) is 0 Å². The van der Waals surface area contributed by atoms with Gasteiger partial charge < -0.3 is 5.11 Å². The van der Waals surface area contributed by atoms with E-state index in [9.17, 15) is 14.9 Å². The molecule has 5 heteroatoms. The van der Waals surface area contributed by atoms with Crippen LogP contribution in [-0.2, 0) is 4.79 Å². The van der Waals surface area contributed by atoms with Crippen LogP contribution in [0.2, 0.25) is 0 Å². The van der Waals surface area contributed by atoms with E-state index in [1.54, 1.807) is 0 Å². The van der Waals surface area contributed by atoms with E-state index in [2.05, 4.69) is 13.0 Å². The van der Waals surface area contributed by atoms with Gasteiger partial charge >= 0.3 is 5.97 Å². The van der Waals surface area contributed by atoms with Gasteiger partial charge in [0, 0.05) is 24.2 Å². The molecule has 0 saturated carbocycles. The normalized spacial score (nSPS) is 12.6. The molecular formula is C18H33NO4. The zero-order valence-corrected chi connectivity index (χ0v) is 14.5. The van der Waals surface area contributed by atoms with Crippen molar-refractivity contribution >= 4 is 5.97 Å². The fraction of sp³-hybridized carbons (Fsp3) is 0.833. The highest BCUT2D eigenvalue weighted by Crippen LogP contribution is 2.12. The summed E-state index contributed by atoms with van der Waals surface area (Å²) in [7, 11) is 0. The van der Waals surface area contributed by atoms with Crippen molar-refractivity contribution in [3.8, 4) is 0 Å². The van der Waals surface area contributed by atoms with Crippen LogP contribution in [0.3, 0.4) is 0 Å². The number of hydrogen-bond donors (Lipinski definition) is 1. The monoisotopic (exact) mass is 327 g/mol. The second-order valence-electron chi connectivity index (χ2n) is 6.20. The third-order valence-corrected chi connectivity index (χ3v) is 4.03. The van der Waals surface area contributed by atoms with Gasteiger partial charge in [-0.15, -0.1) is 0 Å². The molecule has 0 rings (SSSR count). The molecule has 5 nitrogen and oxygen atoms in total. The number of hydrogen-bond acceptors (Lipinski definition) is 3. The molecule has 0 aromatic heterocycles. The van der Waals surface area contributed by atoms with Crippen LogP contribution in [0.25, 0.3) is 0 Å². The number of unbranched alkanes of at least 4 members (excludes halogenated alkanes) is 8. The van der Waals surface area contributed by atoms with Crippen molar-refractivity contribution in [2.45, 2.75) is 96.4 Å². The van der Waals surface area contributed by atoms with Crippen LogP contribution >= 0.6 is 0 Å². The molecule has 0 saturated heterocycles. The Balaban J connectivity index is 3.60. The summed E-state index contributed by atoms with van der Waals surface area (Å²) < 4.78 is 0. The van der Waals surface area contributed by atoms with E-state index in [1.807, 2.05) is 6.08 Å². The lowest BCUT2D eigenvalue weighted by atomic mass is 10.0. The Hall–Kier alpha value is -1.39. The Morgan fingerprint density at radius 3 is 2.35 bits per heavy atom. The molecule has 0 amide bonds. The van der Waals surface area contributed by atoms with Crippen molar-refractivity contribution < 1.29 is 14.8 Å². The summed E-state index contributed by atoms with van der Waals surface area (Å²) in [5.41, 5.74) is 0. The number of carbonyl (C=O) groups is 1. The molecule has 23 heavy (non-hydrogen) atoms. The molecule has 0 aliphatic rings. The lowest BCUT2D eigenvalue weighted by Gasteiger charge is -2.06. The zero-order chi connectivity index (χ0) is 17.3. The van der Waals surface area contributed by atoms with E-state index in [4.69, 9.17) is 5.11 Å². The summed E-state index contributed by atoms with van der Waals surface area (Å²) >= 11 is 0. The first-order valence-electron chi connectivity index (χ1n) is 9.08. The highest BCUT2D eigenvalue weighted by molar-refractivity contribution is 5.66. The molecule has 0 aromatic carbocycles. The lowest BCUT2D eigenvalue weighted by Crippen LogP contribution is -2.18. The highest BCUT2D eigenvalue weighted by atomic mass is 16.6. The van der Waals surface area contributed by atoms with Crippen molar-refractivity contribution in [3.05, 3.63) is 22.3 Å². The van der Waals surface area contributed by atoms with E-state index in [0.29, 0.717) is 12.8 Å². The van der Waals surface area contributed by atoms with Crippen molar-refractivity contribution in [3.63, 3.8) is 0 Å². The predicted octanol–water partition coefficient (Wildman–Crippen LogP) is 5.36. The van der Waals surface area contributed by atoms with Gasteiger partial charge in [-0.1, -0.05) is 57.6 Å². The summed E-state index contributed by atoms with van der Waals surface area (Å²) in [6, 6.07) is -0.431. The minimum Gasteiger partial charge on any atom is -0.481 e. The average Bonchev–Trinajstić information content (AvgIpc) is 2.50. The van der Waals surface area contributed by atoms with Gasteiger partial charge in [0.05, 0.1) is 0 Å². The molecule has 134 valence electrons. The zero-order valence-electron chi connectivity index (χ0n) is 14.5. The summed E-state index contributed by atoms with van der Waals surface area (Å²) in [5.74, 6) is -0.719. The second kappa shape index (κ2) is 15.5. The van der Waals surface area contributed by atoms with Crippen LogP contribution in [0.4, 0.5) is 0 Å². The molecule has 0 spiro atoms. The summed E-state index contributed by atoms with van der Waals surface area (Å²) in [6.45, 7) is 2.14. The fourth-order valence-electron chi connectivity index (χ4n) is 2.56. The van der Waals surface area contributed by atoms with Gasteiger partial charge in [0.1, 0.15) is 0 Å². The minimum atomic E-state index is -0.719. The van der Waals surface area contributed by atoms with Crippen LogP contribution in [0.5, 0.6) is 0 Å². The summed E-state index contributed by atoms with van der Waals surface area (Å²) in [5, 5.41) is 19.5. The smallest absolute Gasteiger partial charge is 0.303 e. The number of aliphatic carboxylic acids is 1. The molecule has 0 aliphatic carbocycles. The average molecular weight is 327 g/mol. The van der Waals surface area contributed by atoms with E-state index in [0.717, 1.165) is 64.2 Å². The molecule has 0 radical (unpaired) electrons. The molecular weight excluding hydrogens is 294 g/mol. The van der Waals surface area contributed by atoms with Crippen molar-refractivity contribution in [2.75, 3.05) is 0 Å². The SMILES string of the molecule is CCCCCCC(C/C=C\CCCCCCCC(=O)O)[N+](=O)[O-]. The molecule has 0 bridgehead atoms. The molecule has 0 aliphatic heterocycles. The number of allylic oxidation sites excluding steroid dienone is 1. The largest absolute Gasteiger partial charge is 0.481 e.